The van der Waals surface area contributed by atoms with Crippen molar-refractivity contribution in [3.8, 4) is 11.5 Å². The van der Waals surface area contributed by atoms with Crippen molar-refractivity contribution in [2.45, 2.75) is 25.6 Å². The van der Waals surface area contributed by atoms with E-state index in [2.05, 4.69) is 0 Å². The Hall–Kier alpha value is -1.46. The van der Waals surface area contributed by atoms with Gasteiger partial charge in [-0.3, -0.25) is 4.79 Å². The number of rotatable bonds is 2. The first-order valence-corrected chi connectivity index (χ1v) is 6.91. The minimum absolute atomic E-state index is 0.213. The molecule has 1 fully saturated rings. The molecule has 20 heavy (non-hydrogen) atoms. The lowest BCUT2D eigenvalue weighted by Crippen LogP contribution is -2.55. The van der Waals surface area contributed by atoms with Crippen LogP contribution in [-0.2, 0) is 4.74 Å². The Morgan fingerprint density at radius 3 is 2.75 bits per heavy atom. The van der Waals surface area contributed by atoms with Crippen LogP contribution < -0.4 is 0 Å². The Bertz CT molecular complexity index is 518. The lowest BCUT2D eigenvalue weighted by Gasteiger charge is -2.42. The largest absolute Gasteiger partial charge is 0.504 e. The number of alkyl halides is 1. The molecule has 0 saturated carbocycles. The SMILES string of the molecule is CC1(C)CN(C(=O)c2ccc(O)c(O)c2)CC(CCl)O1. The first-order valence-electron chi connectivity index (χ1n) is 6.37. The number of benzene rings is 1. The van der Waals surface area contributed by atoms with Gasteiger partial charge in [-0.1, -0.05) is 0 Å². The molecule has 2 rings (SSSR count). The molecular formula is C14H18ClNO4. The van der Waals surface area contributed by atoms with Gasteiger partial charge in [0.1, 0.15) is 0 Å². The van der Waals surface area contributed by atoms with Crippen LogP contribution in [0.15, 0.2) is 18.2 Å². The van der Waals surface area contributed by atoms with Gasteiger partial charge in [0, 0.05) is 18.7 Å². The predicted octanol–water partition coefficient (Wildman–Crippen LogP) is 1.96. The molecular weight excluding hydrogens is 282 g/mol. The summed E-state index contributed by atoms with van der Waals surface area (Å²) in [6.45, 7) is 4.66. The fourth-order valence-corrected chi connectivity index (χ4v) is 2.53. The van der Waals surface area contributed by atoms with E-state index < -0.39 is 5.60 Å². The molecule has 5 nitrogen and oxygen atoms in total. The van der Waals surface area contributed by atoms with Crippen LogP contribution in [-0.4, -0.2) is 51.7 Å². The summed E-state index contributed by atoms with van der Waals surface area (Å²) in [4.78, 5) is 14.1. The van der Waals surface area contributed by atoms with Gasteiger partial charge >= 0.3 is 0 Å². The van der Waals surface area contributed by atoms with Crippen LogP contribution in [0.5, 0.6) is 11.5 Å². The van der Waals surface area contributed by atoms with E-state index in [4.69, 9.17) is 16.3 Å². The smallest absolute Gasteiger partial charge is 0.254 e. The standard InChI is InChI=1S/C14H18ClNO4/c1-14(2)8-16(7-10(6-15)20-14)13(19)9-3-4-11(17)12(18)5-9/h3-5,10,17-18H,6-8H2,1-2H3. The van der Waals surface area contributed by atoms with Crippen molar-refractivity contribution in [3.63, 3.8) is 0 Å². The predicted molar refractivity (Wildman–Crippen MR) is 75.3 cm³/mol. The van der Waals surface area contributed by atoms with Crippen LogP contribution in [0, 0.1) is 0 Å². The van der Waals surface area contributed by atoms with E-state index in [1.165, 1.54) is 18.2 Å². The van der Waals surface area contributed by atoms with Crippen molar-refractivity contribution < 1.29 is 19.7 Å². The van der Waals surface area contributed by atoms with Crippen LogP contribution in [0.25, 0.3) is 0 Å². The number of carbonyl (C=O) groups is 1. The number of morpholine rings is 1. The van der Waals surface area contributed by atoms with Gasteiger partial charge in [0.2, 0.25) is 0 Å². The van der Waals surface area contributed by atoms with E-state index in [0.29, 0.717) is 24.5 Å². The van der Waals surface area contributed by atoms with Crippen molar-refractivity contribution >= 4 is 17.5 Å². The lowest BCUT2D eigenvalue weighted by atomic mass is 10.0. The maximum Gasteiger partial charge on any atom is 0.254 e. The maximum absolute atomic E-state index is 12.4. The van der Waals surface area contributed by atoms with Gasteiger partial charge in [0.15, 0.2) is 11.5 Å². The number of phenols is 2. The maximum atomic E-state index is 12.4. The number of ether oxygens (including phenoxy) is 1. The van der Waals surface area contributed by atoms with Crippen molar-refractivity contribution in [2.75, 3.05) is 19.0 Å². The molecule has 1 aromatic carbocycles. The van der Waals surface area contributed by atoms with E-state index in [9.17, 15) is 15.0 Å². The highest BCUT2D eigenvalue weighted by atomic mass is 35.5. The molecule has 0 aromatic heterocycles. The highest BCUT2D eigenvalue weighted by Gasteiger charge is 2.35. The minimum atomic E-state index is -0.466. The number of hydrogen-bond acceptors (Lipinski definition) is 4. The zero-order valence-electron chi connectivity index (χ0n) is 11.5. The number of carbonyl (C=O) groups excluding carboxylic acids is 1. The van der Waals surface area contributed by atoms with Crippen LogP contribution in [0.2, 0.25) is 0 Å². The van der Waals surface area contributed by atoms with Gasteiger partial charge in [-0.15, -0.1) is 11.6 Å². The molecule has 0 spiro atoms. The first-order chi connectivity index (χ1) is 9.32. The Morgan fingerprint density at radius 1 is 1.45 bits per heavy atom. The molecule has 0 aliphatic carbocycles. The van der Waals surface area contributed by atoms with Gasteiger partial charge in [-0.25, -0.2) is 0 Å². The third-order valence-corrected chi connectivity index (χ3v) is 3.51. The summed E-state index contributed by atoms with van der Waals surface area (Å²) in [5, 5.41) is 18.8. The summed E-state index contributed by atoms with van der Waals surface area (Å²) in [7, 11) is 0. The average molecular weight is 300 g/mol. The molecule has 6 heteroatoms. The number of halogens is 1. The Balaban J connectivity index is 2.21. The van der Waals surface area contributed by atoms with Crippen LogP contribution in [0.4, 0.5) is 0 Å². The fourth-order valence-electron chi connectivity index (χ4n) is 2.37. The van der Waals surface area contributed by atoms with Gasteiger partial charge in [-0.2, -0.15) is 0 Å². The Kier molecular flexibility index (Phi) is 4.11. The first kappa shape index (κ1) is 14.9. The fraction of sp³-hybridized carbons (Fsp3) is 0.500. The molecule has 2 N–H and O–H groups in total. The highest BCUT2D eigenvalue weighted by Crippen LogP contribution is 2.27. The third-order valence-electron chi connectivity index (χ3n) is 3.16. The quantitative estimate of drug-likeness (QED) is 0.647. The molecule has 1 unspecified atom stereocenters. The molecule has 1 atom stereocenters. The van der Waals surface area contributed by atoms with Crippen molar-refractivity contribution in [3.05, 3.63) is 23.8 Å². The molecule has 110 valence electrons. The molecule has 1 amide bonds. The van der Waals surface area contributed by atoms with Crippen molar-refractivity contribution in [1.29, 1.82) is 0 Å². The number of amides is 1. The van der Waals surface area contributed by atoms with Gasteiger partial charge < -0.3 is 19.8 Å². The number of nitrogens with zero attached hydrogens (tertiary/aromatic N) is 1. The van der Waals surface area contributed by atoms with E-state index in [1.54, 1.807) is 4.90 Å². The summed E-state index contributed by atoms with van der Waals surface area (Å²) in [5.41, 5.74) is -0.141. The van der Waals surface area contributed by atoms with Crippen LogP contribution in [0.1, 0.15) is 24.2 Å². The van der Waals surface area contributed by atoms with E-state index >= 15 is 0 Å². The number of aromatic hydroxyl groups is 2. The van der Waals surface area contributed by atoms with Crippen molar-refractivity contribution in [2.24, 2.45) is 0 Å². The summed E-state index contributed by atoms with van der Waals surface area (Å²) in [5.74, 6) is -0.458. The monoisotopic (exact) mass is 299 g/mol. The van der Waals surface area contributed by atoms with Gasteiger partial charge in [-0.05, 0) is 32.0 Å². The Labute approximate surface area is 122 Å². The molecule has 1 aliphatic heterocycles. The second-order valence-corrected chi connectivity index (χ2v) is 5.85. The molecule has 0 bridgehead atoms. The second kappa shape index (κ2) is 5.50. The summed E-state index contributed by atoms with van der Waals surface area (Å²) >= 11 is 5.83. The summed E-state index contributed by atoms with van der Waals surface area (Å²) in [6, 6.07) is 4.04. The molecule has 1 aromatic rings. The molecule has 1 saturated heterocycles. The van der Waals surface area contributed by atoms with Crippen LogP contribution in [0.3, 0.4) is 0 Å². The van der Waals surface area contributed by atoms with Gasteiger partial charge in [0.25, 0.3) is 5.91 Å². The molecule has 1 heterocycles. The summed E-state index contributed by atoms with van der Waals surface area (Å²) in [6.07, 6.45) is -0.213. The highest BCUT2D eigenvalue weighted by molar-refractivity contribution is 6.18. The normalized spacial score (nSPS) is 21.8. The number of phenolic OH excluding ortho intramolecular Hbond substituents is 2. The number of hydrogen-bond donors (Lipinski definition) is 2. The van der Waals surface area contributed by atoms with Crippen LogP contribution >= 0.6 is 11.6 Å². The van der Waals surface area contributed by atoms with E-state index in [-0.39, 0.29) is 23.5 Å². The zero-order chi connectivity index (χ0) is 14.9. The van der Waals surface area contributed by atoms with Crippen molar-refractivity contribution in [1.82, 2.24) is 4.90 Å². The van der Waals surface area contributed by atoms with E-state index in [1.807, 2.05) is 13.8 Å². The van der Waals surface area contributed by atoms with Gasteiger partial charge in [0.05, 0.1) is 17.6 Å². The third kappa shape index (κ3) is 3.16. The summed E-state index contributed by atoms with van der Waals surface area (Å²) < 4.78 is 5.77. The lowest BCUT2D eigenvalue weighted by molar-refractivity contribution is -0.117. The average Bonchev–Trinajstić information content (AvgIpc) is 2.39. The zero-order valence-corrected chi connectivity index (χ0v) is 12.2. The topological polar surface area (TPSA) is 70.0 Å². The second-order valence-electron chi connectivity index (χ2n) is 5.54. The molecule has 0 radical (unpaired) electrons. The van der Waals surface area contributed by atoms with E-state index in [0.717, 1.165) is 0 Å². The molecule has 1 aliphatic rings. The minimum Gasteiger partial charge on any atom is -0.504 e. The Morgan fingerprint density at radius 2 is 2.15 bits per heavy atom.